The zero-order chi connectivity index (χ0) is 23.9. The molecule has 0 atom stereocenters. The van der Waals surface area contributed by atoms with E-state index in [1.54, 1.807) is 0 Å². The molecule has 3 heterocycles. The Balaban J connectivity index is 1.41. The van der Waals surface area contributed by atoms with Gasteiger partial charge in [-0.1, -0.05) is 103 Å². The maximum Gasteiger partial charge on any atom is 0.156 e. The van der Waals surface area contributed by atoms with Crippen molar-refractivity contribution in [3.63, 3.8) is 0 Å². The van der Waals surface area contributed by atoms with Crippen LogP contribution >= 0.6 is 0 Å². The highest BCUT2D eigenvalue weighted by Gasteiger charge is 2.17. The van der Waals surface area contributed by atoms with Crippen molar-refractivity contribution in [2.24, 2.45) is 0 Å². The average molecular weight is 464 g/mol. The van der Waals surface area contributed by atoms with E-state index in [-0.39, 0.29) is 0 Å². The molecule has 7 rings (SSSR count). The Bertz CT molecular complexity index is 1700. The smallest absolute Gasteiger partial charge is 0.156 e. The van der Waals surface area contributed by atoms with Crippen molar-refractivity contribution in [1.29, 1.82) is 0 Å². The van der Waals surface area contributed by atoms with Crippen LogP contribution in [0.2, 0.25) is 0 Å². The van der Waals surface area contributed by atoms with Gasteiger partial charge in [0, 0.05) is 21.9 Å². The Morgan fingerprint density at radius 3 is 1.28 bits per heavy atom. The highest BCUT2D eigenvalue weighted by atomic mass is 15.4. The normalized spacial score (nSPS) is 11.3. The van der Waals surface area contributed by atoms with Crippen LogP contribution in [0.3, 0.4) is 0 Å². The van der Waals surface area contributed by atoms with Gasteiger partial charge in [-0.25, -0.2) is 14.3 Å². The Kier molecular flexibility index (Phi) is 4.71. The summed E-state index contributed by atoms with van der Waals surface area (Å²) in [4.78, 5) is 5.03. The molecule has 0 radical (unpaired) electrons. The summed E-state index contributed by atoms with van der Waals surface area (Å²) in [6, 6.07) is 43.1. The van der Waals surface area contributed by atoms with Crippen LogP contribution < -0.4 is 0 Å². The SMILES string of the molecule is c1ccc(-c2nn(-c3cccc(-n4nc(-c5ccccc5)c5ccccc54)n3)c3ccccc23)cc1. The first-order chi connectivity index (χ1) is 17.9. The number of para-hydroxylation sites is 2. The molecule has 0 aliphatic heterocycles. The second kappa shape index (κ2) is 8.32. The summed E-state index contributed by atoms with van der Waals surface area (Å²) in [7, 11) is 0. The van der Waals surface area contributed by atoms with E-state index in [0.717, 1.165) is 56.0 Å². The number of benzene rings is 4. The maximum absolute atomic E-state index is 5.03. The van der Waals surface area contributed by atoms with Crippen LogP contribution in [0.1, 0.15) is 0 Å². The van der Waals surface area contributed by atoms with Gasteiger partial charge in [-0.2, -0.15) is 10.2 Å². The van der Waals surface area contributed by atoms with E-state index in [1.807, 2.05) is 88.2 Å². The van der Waals surface area contributed by atoms with Gasteiger partial charge in [0.25, 0.3) is 0 Å². The number of nitrogens with zero attached hydrogens (tertiary/aromatic N) is 5. The second-order valence-corrected chi connectivity index (χ2v) is 8.64. The van der Waals surface area contributed by atoms with Crippen LogP contribution in [0.5, 0.6) is 0 Å². The third kappa shape index (κ3) is 3.29. The average Bonchev–Trinajstić information content (AvgIpc) is 3.54. The molecule has 5 nitrogen and oxygen atoms in total. The van der Waals surface area contributed by atoms with Gasteiger partial charge in [-0.3, -0.25) is 0 Å². The fourth-order valence-corrected chi connectivity index (χ4v) is 4.75. The molecule has 5 heteroatoms. The van der Waals surface area contributed by atoms with Crippen molar-refractivity contribution in [1.82, 2.24) is 24.5 Å². The molecule has 0 spiro atoms. The molecule has 4 aromatic carbocycles. The van der Waals surface area contributed by atoms with E-state index in [9.17, 15) is 0 Å². The van der Waals surface area contributed by atoms with E-state index < -0.39 is 0 Å². The van der Waals surface area contributed by atoms with Gasteiger partial charge in [0.2, 0.25) is 0 Å². The summed E-state index contributed by atoms with van der Waals surface area (Å²) >= 11 is 0. The van der Waals surface area contributed by atoms with E-state index in [2.05, 4.69) is 48.5 Å². The van der Waals surface area contributed by atoms with Crippen molar-refractivity contribution in [3.8, 4) is 34.2 Å². The highest BCUT2D eigenvalue weighted by Crippen LogP contribution is 2.31. The number of fused-ring (bicyclic) bond motifs is 2. The minimum Gasteiger partial charge on any atom is -0.214 e. The minimum atomic E-state index is 0.742. The first-order valence-electron chi connectivity index (χ1n) is 11.9. The van der Waals surface area contributed by atoms with Crippen LogP contribution in [-0.4, -0.2) is 24.5 Å². The summed E-state index contributed by atoms with van der Waals surface area (Å²) in [5.74, 6) is 1.48. The number of rotatable bonds is 4. The molecule has 0 aliphatic carbocycles. The van der Waals surface area contributed by atoms with E-state index in [4.69, 9.17) is 15.2 Å². The molecule has 0 aliphatic rings. The predicted octanol–water partition coefficient (Wildman–Crippen LogP) is 7.09. The predicted molar refractivity (Wildman–Crippen MR) is 144 cm³/mol. The zero-order valence-electron chi connectivity index (χ0n) is 19.4. The monoisotopic (exact) mass is 463 g/mol. The Hall–Kier alpha value is -5.03. The lowest BCUT2D eigenvalue weighted by atomic mass is 10.1. The standard InChI is InChI=1S/C31H21N5/c1-3-12-22(13-4-1)30-24-16-7-9-18-26(24)35(33-30)28-20-11-21-29(32-28)36-27-19-10-8-17-25(27)31(34-36)23-14-5-2-6-15-23/h1-21H. The molecule has 36 heavy (non-hydrogen) atoms. The summed E-state index contributed by atoms with van der Waals surface area (Å²) < 4.78 is 3.84. The largest absolute Gasteiger partial charge is 0.214 e. The molecule has 0 N–H and O–H groups in total. The Labute approximate surface area is 207 Å². The molecule has 0 amide bonds. The zero-order valence-corrected chi connectivity index (χ0v) is 19.4. The third-order valence-electron chi connectivity index (χ3n) is 6.42. The molecular formula is C31H21N5. The van der Waals surface area contributed by atoms with E-state index in [0.29, 0.717) is 0 Å². The Morgan fingerprint density at radius 2 is 0.806 bits per heavy atom. The molecule has 3 aromatic heterocycles. The highest BCUT2D eigenvalue weighted by molar-refractivity contribution is 5.95. The van der Waals surface area contributed by atoms with Crippen molar-refractivity contribution in [2.45, 2.75) is 0 Å². The maximum atomic E-state index is 5.03. The van der Waals surface area contributed by atoms with Gasteiger partial charge in [-0.15, -0.1) is 0 Å². The van der Waals surface area contributed by atoms with Crippen molar-refractivity contribution < 1.29 is 0 Å². The van der Waals surface area contributed by atoms with Crippen LogP contribution in [-0.2, 0) is 0 Å². The fourth-order valence-electron chi connectivity index (χ4n) is 4.75. The molecule has 0 fully saturated rings. The molecule has 0 unspecified atom stereocenters. The summed E-state index contributed by atoms with van der Waals surface area (Å²) in [5, 5.41) is 12.2. The Morgan fingerprint density at radius 1 is 0.389 bits per heavy atom. The molecule has 0 saturated heterocycles. The van der Waals surface area contributed by atoms with Gasteiger partial charge in [0.1, 0.15) is 11.4 Å². The van der Waals surface area contributed by atoms with Crippen LogP contribution in [0, 0.1) is 0 Å². The number of hydrogen-bond donors (Lipinski definition) is 0. The first kappa shape index (κ1) is 20.4. The molecule has 0 saturated carbocycles. The molecule has 0 bridgehead atoms. The van der Waals surface area contributed by atoms with Gasteiger partial charge in [0.05, 0.1) is 11.0 Å². The minimum absolute atomic E-state index is 0.742. The quantitative estimate of drug-likeness (QED) is 0.280. The fraction of sp³-hybridized carbons (Fsp3) is 0. The summed E-state index contributed by atoms with van der Waals surface area (Å²) in [6.45, 7) is 0. The van der Waals surface area contributed by atoms with Crippen molar-refractivity contribution in [2.75, 3.05) is 0 Å². The number of aromatic nitrogens is 5. The van der Waals surface area contributed by atoms with Gasteiger partial charge in [0.15, 0.2) is 11.6 Å². The molecular weight excluding hydrogens is 442 g/mol. The van der Waals surface area contributed by atoms with Crippen LogP contribution in [0.25, 0.3) is 56.0 Å². The van der Waals surface area contributed by atoms with Crippen LogP contribution in [0.15, 0.2) is 127 Å². The molecule has 170 valence electrons. The van der Waals surface area contributed by atoms with Crippen LogP contribution in [0.4, 0.5) is 0 Å². The summed E-state index contributed by atoms with van der Waals surface area (Å²) in [6.07, 6.45) is 0. The third-order valence-corrected chi connectivity index (χ3v) is 6.42. The lowest BCUT2D eigenvalue weighted by Gasteiger charge is -2.07. The first-order valence-corrected chi connectivity index (χ1v) is 11.9. The summed E-state index contributed by atoms with van der Waals surface area (Å²) in [5.41, 5.74) is 6.06. The van der Waals surface area contributed by atoms with E-state index >= 15 is 0 Å². The molecule has 7 aromatic rings. The van der Waals surface area contributed by atoms with Gasteiger partial charge < -0.3 is 0 Å². The lowest BCUT2D eigenvalue weighted by Crippen LogP contribution is -2.05. The number of pyridine rings is 1. The van der Waals surface area contributed by atoms with Crippen molar-refractivity contribution in [3.05, 3.63) is 127 Å². The van der Waals surface area contributed by atoms with E-state index in [1.165, 1.54) is 0 Å². The second-order valence-electron chi connectivity index (χ2n) is 8.64. The number of hydrogen-bond acceptors (Lipinski definition) is 3. The topological polar surface area (TPSA) is 48.5 Å². The van der Waals surface area contributed by atoms with Gasteiger partial charge in [-0.05, 0) is 24.3 Å². The van der Waals surface area contributed by atoms with Crippen molar-refractivity contribution >= 4 is 21.8 Å². The van der Waals surface area contributed by atoms with Gasteiger partial charge >= 0.3 is 0 Å². The lowest BCUT2D eigenvalue weighted by molar-refractivity contribution is 0.833.